The number of hydrogen-bond donors (Lipinski definition) is 1. The quantitative estimate of drug-likeness (QED) is 0.520. The third kappa shape index (κ3) is 4.07. The van der Waals surface area contributed by atoms with Crippen LogP contribution in [-0.4, -0.2) is 10.7 Å². The minimum atomic E-state index is -0.173. The van der Waals surface area contributed by atoms with E-state index in [4.69, 9.17) is 4.74 Å². The van der Waals surface area contributed by atoms with Crippen LogP contribution in [0.25, 0.3) is 11.1 Å². The fourth-order valence-electron chi connectivity index (χ4n) is 3.91. The summed E-state index contributed by atoms with van der Waals surface area (Å²) >= 11 is 0. The van der Waals surface area contributed by atoms with Crippen molar-refractivity contribution >= 4 is 11.1 Å². The van der Waals surface area contributed by atoms with Crippen LogP contribution in [0.2, 0.25) is 0 Å². The summed E-state index contributed by atoms with van der Waals surface area (Å²) in [5.41, 5.74) is 7.39. The molecule has 1 aliphatic rings. The van der Waals surface area contributed by atoms with Crippen molar-refractivity contribution in [1.82, 2.24) is 0 Å². The predicted octanol–water partition coefficient (Wildman–Crippen LogP) is 6.86. The van der Waals surface area contributed by atoms with Gasteiger partial charge in [0.2, 0.25) is 0 Å². The van der Waals surface area contributed by atoms with Crippen LogP contribution in [0.5, 0.6) is 11.5 Å². The van der Waals surface area contributed by atoms with E-state index in [1.807, 2.05) is 12.1 Å². The summed E-state index contributed by atoms with van der Waals surface area (Å²) in [5, 5.41) is 9.77. The molecule has 0 spiro atoms. The highest BCUT2D eigenvalue weighted by atomic mass is 16.5. The van der Waals surface area contributed by atoms with Gasteiger partial charge in [-0.05, 0) is 90.8 Å². The van der Waals surface area contributed by atoms with Gasteiger partial charge in [-0.2, -0.15) is 0 Å². The standard InChI is InChI=1S/C27H28O2/c1-4-27(2,3)29-23-15-17-25-21(18-23)12-16-24(19-8-6-5-7-9-19)26(25)20-10-13-22(28)14-11-20/h5-11,13-15,17-18,28H,4,12,16H2,1-3H3. The Morgan fingerprint density at radius 3 is 2.28 bits per heavy atom. The molecule has 1 aliphatic carbocycles. The van der Waals surface area contributed by atoms with Crippen molar-refractivity contribution in [2.45, 2.75) is 45.6 Å². The molecule has 4 rings (SSSR count). The lowest BCUT2D eigenvalue weighted by Gasteiger charge is -2.28. The van der Waals surface area contributed by atoms with Gasteiger partial charge < -0.3 is 9.84 Å². The largest absolute Gasteiger partial charge is 0.508 e. The number of rotatable bonds is 5. The molecule has 0 unspecified atom stereocenters. The summed E-state index contributed by atoms with van der Waals surface area (Å²) in [6, 6.07) is 24.6. The van der Waals surface area contributed by atoms with Crippen molar-refractivity contribution in [3.63, 3.8) is 0 Å². The first-order valence-electron chi connectivity index (χ1n) is 10.4. The molecule has 0 radical (unpaired) electrons. The Balaban J connectivity index is 1.84. The summed E-state index contributed by atoms with van der Waals surface area (Å²) in [5.74, 6) is 1.22. The molecule has 2 nitrogen and oxygen atoms in total. The molecule has 148 valence electrons. The van der Waals surface area contributed by atoms with Gasteiger partial charge in [0, 0.05) is 0 Å². The van der Waals surface area contributed by atoms with Crippen LogP contribution in [0, 0.1) is 0 Å². The average Bonchev–Trinajstić information content (AvgIpc) is 2.74. The monoisotopic (exact) mass is 384 g/mol. The van der Waals surface area contributed by atoms with E-state index in [9.17, 15) is 5.11 Å². The third-order valence-electron chi connectivity index (χ3n) is 5.82. The zero-order chi connectivity index (χ0) is 20.4. The van der Waals surface area contributed by atoms with Gasteiger partial charge in [-0.25, -0.2) is 0 Å². The molecule has 0 saturated carbocycles. The van der Waals surface area contributed by atoms with Crippen LogP contribution in [-0.2, 0) is 6.42 Å². The van der Waals surface area contributed by atoms with Crippen molar-refractivity contribution in [2.75, 3.05) is 0 Å². The summed E-state index contributed by atoms with van der Waals surface area (Å²) in [6.45, 7) is 6.40. The van der Waals surface area contributed by atoms with Crippen molar-refractivity contribution in [2.24, 2.45) is 0 Å². The van der Waals surface area contributed by atoms with E-state index >= 15 is 0 Å². The molecule has 0 heterocycles. The highest BCUT2D eigenvalue weighted by Gasteiger charge is 2.23. The van der Waals surface area contributed by atoms with Gasteiger partial charge in [0.25, 0.3) is 0 Å². The zero-order valence-electron chi connectivity index (χ0n) is 17.4. The number of fused-ring (bicyclic) bond motifs is 1. The highest BCUT2D eigenvalue weighted by molar-refractivity contribution is 6.00. The number of benzene rings is 3. The number of phenolic OH excluding ortho intramolecular Hbond substituents is 1. The summed E-state index contributed by atoms with van der Waals surface area (Å²) < 4.78 is 6.24. The molecule has 0 bridgehead atoms. The molecule has 3 aromatic carbocycles. The van der Waals surface area contributed by atoms with Crippen LogP contribution in [0.15, 0.2) is 72.8 Å². The second-order valence-electron chi connectivity index (χ2n) is 8.30. The summed E-state index contributed by atoms with van der Waals surface area (Å²) in [4.78, 5) is 0. The molecular formula is C27H28O2. The Bertz CT molecular complexity index is 1030. The SMILES string of the molecule is CCC(C)(C)Oc1ccc2c(c1)CCC(c1ccccc1)=C2c1ccc(O)cc1. The Morgan fingerprint density at radius 2 is 1.59 bits per heavy atom. The molecular weight excluding hydrogens is 356 g/mol. The molecule has 0 saturated heterocycles. The Labute approximate surface area is 173 Å². The van der Waals surface area contributed by atoms with Crippen LogP contribution in [0.4, 0.5) is 0 Å². The van der Waals surface area contributed by atoms with Gasteiger partial charge in [0.05, 0.1) is 0 Å². The maximum absolute atomic E-state index is 9.77. The fraction of sp³-hybridized carbons (Fsp3) is 0.259. The van der Waals surface area contributed by atoms with Crippen LogP contribution in [0.1, 0.15) is 55.9 Å². The van der Waals surface area contributed by atoms with Gasteiger partial charge in [-0.1, -0.05) is 55.5 Å². The second kappa shape index (κ2) is 7.79. The Kier molecular flexibility index (Phi) is 5.19. The molecule has 29 heavy (non-hydrogen) atoms. The number of aryl methyl sites for hydroxylation is 1. The Hall–Kier alpha value is -3.00. The zero-order valence-corrected chi connectivity index (χ0v) is 17.4. The second-order valence-corrected chi connectivity index (χ2v) is 8.30. The predicted molar refractivity (Wildman–Crippen MR) is 120 cm³/mol. The van der Waals surface area contributed by atoms with Crippen LogP contribution in [0.3, 0.4) is 0 Å². The molecule has 0 atom stereocenters. The normalized spacial score (nSPS) is 13.9. The maximum atomic E-state index is 9.77. The number of allylic oxidation sites excluding steroid dienone is 1. The third-order valence-corrected chi connectivity index (χ3v) is 5.82. The average molecular weight is 385 g/mol. The molecule has 3 aromatic rings. The van der Waals surface area contributed by atoms with E-state index in [0.29, 0.717) is 0 Å². The van der Waals surface area contributed by atoms with Gasteiger partial charge in [0.15, 0.2) is 0 Å². The molecule has 0 aromatic heterocycles. The molecule has 0 fully saturated rings. The lowest BCUT2D eigenvalue weighted by Crippen LogP contribution is -2.26. The lowest BCUT2D eigenvalue weighted by molar-refractivity contribution is 0.105. The van der Waals surface area contributed by atoms with Crippen LogP contribution >= 0.6 is 0 Å². The van der Waals surface area contributed by atoms with Gasteiger partial charge in [-0.3, -0.25) is 0 Å². The van der Waals surface area contributed by atoms with Crippen molar-refractivity contribution in [3.8, 4) is 11.5 Å². The number of hydrogen-bond acceptors (Lipinski definition) is 2. The van der Waals surface area contributed by atoms with E-state index in [-0.39, 0.29) is 11.4 Å². The fourth-order valence-corrected chi connectivity index (χ4v) is 3.91. The summed E-state index contributed by atoms with van der Waals surface area (Å²) in [6.07, 6.45) is 2.93. The van der Waals surface area contributed by atoms with Crippen LogP contribution < -0.4 is 4.74 Å². The molecule has 0 aliphatic heterocycles. The van der Waals surface area contributed by atoms with Crippen molar-refractivity contribution in [1.29, 1.82) is 0 Å². The first-order chi connectivity index (χ1) is 14.0. The maximum Gasteiger partial charge on any atom is 0.120 e. The molecule has 1 N–H and O–H groups in total. The van der Waals surface area contributed by atoms with Gasteiger partial charge in [-0.15, -0.1) is 0 Å². The van der Waals surface area contributed by atoms with Crippen molar-refractivity contribution < 1.29 is 9.84 Å². The van der Waals surface area contributed by atoms with Crippen molar-refractivity contribution in [3.05, 3.63) is 95.1 Å². The van der Waals surface area contributed by atoms with E-state index < -0.39 is 0 Å². The Morgan fingerprint density at radius 1 is 0.862 bits per heavy atom. The minimum absolute atomic E-state index is 0.173. The molecule has 2 heteroatoms. The summed E-state index contributed by atoms with van der Waals surface area (Å²) in [7, 11) is 0. The lowest BCUT2D eigenvalue weighted by atomic mass is 9.79. The van der Waals surface area contributed by atoms with Gasteiger partial charge >= 0.3 is 0 Å². The number of ether oxygens (including phenoxy) is 1. The van der Waals surface area contributed by atoms with E-state index in [0.717, 1.165) is 30.6 Å². The van der Waals surface area contributed by atoms with E-state index in [1.165, 1.54) is 27.8 Å². The molecule has 0 amide bonds. The number of phenols is 1. The smallest absolute Gasteiger partial charge is 0.120 e. The minimum Gasteiger partial charge on any atom is -0.508 e. The first kappa shape index (κ1) is 19.3. The van der Waals surface area contributed by atoms with E-state index in [1.54, 1.807) is 12.1 Å². The number of aromatic hydroxyl groups is 1. The van der Waals surface area contributed by atoms with Gasteiger partial charge in [0.1, 0.15) is 17.1 Å². The van der Waals surface area contributed by atoms with E-state index in [2.05, 4.69) is 69.3 Å². The highest BCUT2D eigenvalue weighted by Crippen LogP contribution is 2.42. The first-order valence-corrected chi connectivity index (χ1v) is 10.4. The topological polar surface area (TPSA) is 29.5 Å².